The highest BCUT2D eigenvalue weighted by Gasteiger charge is 2.29. The van der Waals surface area contributed by atoms with Crippen molar-refractivity contribution in [1.29, 1.82) is 0 Å². The van der Waals surface area contributed by atoms with Gasteiger partial charge in [0.05, 0.1) is 11.7 Å². The molecule has 0 bridgehead atoms. The number of carbonyl (C=O) groups is 1. The maximum absolute atomic E-state index is 12.1. The molecule has 1 atom stereocenters. The summed E-state index contributed by atoms with van der Waals surface area (Å²) in [5, 5.41) is 6.03. The lowest BCUT2D eigenvalue weighted by atomic mass is 10.0. The third-order valence-corrected chi connectivity index (χ3v) is 4.86. The Labute approximate surface area is 145 Å². The number of piperidine rings is 1. The average Bonchev–Trinajstić information content (AvgIpc) is 2.98. The molecule has 3 rings (SSSR count). The highest BCUT2D eigenvalue weighted by molar-refractivity contribution is 7.13. The molecule has 0 aliphatic carbocycles. The van der Waals surface area contributed by atoms with Crippen molar-refractivity contribution < 1.29 is 4.79 Å². The number of hydrogen-bond donors (Lipinski definition) is 1. The Bertz CT molecular complexity index is 757. The molecule has 1 aliphatic heterocycles. The van der Waals surface area contributed by atoms with Crippen LogP contribution >= 0.6 is 11.3 Å². The zero-order chi connectivity index (χ0) is 17.1. The van der Waals surface area contributed by atoms with Crippen LogP contribution in [0.15, 0.2) is 24.1 Å². The average molecular weight is 343 g/mol. The zero-order valence-corrected chi connectivity index (χ0v) is 14.8. The van der Waals surface area contributed by atoms with E-state index < -0.39 is 0 Å². The molecule has 2 aromatic heterocycles. The Hall–Kier alpha value is -2.28. The van der Waals surface area contributed by atoms with E-state index in [1.807, 2.05) is 30.2 Å². The van der Waals surface area contributed by atoms with Gasteiger partial charge >= 0.3 is 0 Å². The van der Waals surface area contributed by atoms with Gasteiger partial charge < -0.3 is 10.2 Å². The van der Waals surface area contributed by atoms with Crippen LogP contribution in [-0.4, -0.2) is 32.3 Å². The molecule has 1 aliphatic rings. The predicted molar refractivity (Wildman–Crippen MR) is 95.4 cm³/mol. The Morgan fingerprint density at radius 3 is 2.88 bits per heavy atom. The number of aryl methyl sites for hydroxylation is 2. The summed E-state index contributed by atoms with van der Waals surface area (Å²) in [6, 6.07) is 1.80. The number of aromatic nitrogens is 3. The quantitative estimate of drug-likeness (QED) is 0.860. The van der Waals surface area contributed by atoms with Crippen molar-refractivity contribution in [2.45, 2.75) is 39.2 Å². The second-order valence-corrected chi connectivity index (χ2v) is 6.78. The largest absolute Gasteiger partial charge is 0.329 e. The Morgan fingerprint density at radius 2 is 2.17 bits per heavy atom. The van der Waals surface area contributed by atoms with Crippen molar-refractivity contribution >= 4 is 28.2 Å². The summed E-state index contributed by atoms with van der Waals surface area (Å²) in [5.41, 5.74) is 1.84. The monoisotopic (exact) mass is 343 g/mol. The molecule has 0 unspecified atom stereocenters. The van der Waals surface area contributed by atoms with Crippen molar-refractivity contribution in [3.8, 4) is 0 Å². The summed E-state index contributed by atoms with van der Waals surface area (Å²) < 4.78 is 0. The fourth-order valence-corrected chi connectivity index (χ4v) is 3.60. The van der Waals surface area contributed by atoms with Crippen molar-refractivity contribution in [3.05, 3.63) is 41.3 Å². The van der Waals surface area contributed by atoms with Gasteiger partial charge in [-0.2, -0.15) is 0 Å². The fourth-order valence-electron chi connectivity index (χ4n) is 2.91. The highest BCUT2D eigenvalue weighted by atomic mass is 32.1. The first kappa shape index (κ1) is 16.6. The van der Waals surface area contributed by atoms with Crippen molar-refractivity contribution in [3.63, 3.8) is 0 Å². The van der Waals surface area contributed by atoms with Gasteiger partial charge in [0, 0.05) is 23.7 Å². The van der Waals surface area contributed by atoms with Crippen LogP contribution in [0.3, 0.4) is 0 Å². The van der Waals surface area contributed by atoms with E-state index in [2.05, 4.69) is 26.8 Å². The van der Waals surface area contributed by atoms with Crippen LogP contribution in [0.25, 0.3) is 0 Å². The molecule has 7 heteroatoms. The van der Waals surface area contributed by atoms with Gasteiger partial charge in [-0.15, -0.1) is 11.3 Å². The molecule has 1 amide bonds. The molecule has 0 radical (unpaired) electrons. The molecule has 6 nitrogen and oxygen atoms in total. The molecule has 2 aromatic rings. The van der Waals surface area contributed by atoms with E-state index in [0.717, 1.165) is 42.3 Å². The smallest absolute Gasteiger partial charge is 0.246 e. The topological polar surface area (TPSA) is 71.0 Å². The van der Waals surface area contributed by atoms with Gasteiger partial charge in [-0.3, -0.25) is 4.79 Å². The fraction of sp³-hybridized carbons (Fsp3) is 0.412. The number of nitrogens with zero attached hydrogens (tertiary/aromatic N) is 4. The number of hydrogen-bond acceptors (Lipinski definition) is 6. The minimum atomic E-state index is -0.0947. The number of anilines is 2. The van der Waals surface area contributed by atoms with E-state index in [1.165, 1.54) is 6.08 Å². The molecule has 1 fully saturated rings. The van der Waals surface area contributed by atoms with E-state index in [0.29, 0.717) is 11.6 Å². The maximum atomic E-state index is 12.1. The van der Waals surface area contributed by atoms with Gasteiger partial charge in [-0.1, -0.05) is 6.58 Å². The summed E-state index contributed by atoms with van der Waals surface area (Å²) in [4.78, 5) is 27.6. The molecule has 0 spiro atoms. The second kappa shape index (κ2) is 7.09. The molecular weight excluding hydrogens is 322 g/mol. The first-order valence-corrected chi connectivity index (χ1v) is 8.92. The zero-order valence-electron chi connectivity index (χ0n) is 14.0. The third kappa shape index (κ3) is 3.62. The van der Waals surface area contributed by atoms with Crippen LogP contribution in [0.1, 0.15) is 42.5 Å². The van der Waals surface area contributed by atoms with Crippen LogP contribution in [-0.2, 0) is 4.79 Å². The molecule has 3 heterocycles. The van der Waals surface area contributed by atoms with Gasteiger partial charge in [0.25, 0.3) is 0 Å². The van der Waals surface area contributed by atoms with Crippen LogP contribution in [0.4, 0.5) is 10.9 Å². The second-order valence-electron chi connectivity index (χ2n) is 5.92. The van der Waals surface area contributed by atoms with Gasteiger partial charge in [0.2, 0.25) is 5.91 Å². The van der Waals surface area contributed by atoms with Crippen LogP contribution < -0.4 is 5.32 Å². The lowest BCUT2D eigenvalue weighted by Crippen LogP contribution is -2.38. The van der Waals surface area contributed by atoms with Gasteiger partial charge in [0.15, 0.2) is 11.0 Å². The number of likely N-dealkylation sites (tertiary alicyclic amines) is 1. The summed E-state index contributed by atoms with van der Waals surface area (Å²) in [6.07, 6.45) is 4.31. The van der Waals surface area contributed by atoms with Crippen molar-refractivity contribution in [2.75, 3.05) is 11.9 Å². The lowest BCUT2D eigenvalue weighted by Gasteiger charge is -2.34. The summed E-state index contributed by atoms with van der Waals surface area (Å²) in [5.74, 6) is 1.33. The van der Waals surface area contributed by atoms with Crippen LogP contribution in [0.2, 0.25) is 0 Å². The normalized spacial score (nSPS) is 17.6. The van der Waals surface area contributed by atoms with Crippen LogP contribution in [0, 0.1) is 13.8 Å². The maximum Gasteiger partial charge on any atom is 0.246 e. The lowest BCUT2D eigenvalue weighted by molar-refractivity contribution is -0.129. The first-order chi connectivity index (χ1) is 11.6. The van der Waals surface area contributed by atoms with Gasteiger partial charge in [0.1, 0.15) is 5.82 Å². The summed E-state index contributed by atoms with van der Waals surface area (Å²) in [7, 11) is 0. The standard InChI is InChI=1S/C17H21N5OS/c1-4-15(23)22-8-6-5-7-13(22)16-18-11(2)9-14(20-16)21-17-19-12(3)10-24-17/h4,9-10,13H,1,5-8H2,2-3H3,(H,18,19,20,21)/t13-/m1/s1. The molecule has 1 N–H and O–H groups in total. The number of rotatable bonds is 4. The van der Waals surface area contributed by atoms with E-state index in [1.54, 1.807) is 11.3 Å². The van der Waals surface area contributed by atoms with Gasteiger partial charge in [-0.05, 0) is 39.2 Å². The number of amides is 1. The number of carbonyl (C=O) groups excluding carboxylic acids is 1. The number of thiazole rings is 1. The minimum Gasteiger partial charge on any atom is -0.329 e. The highest BCUT2D eigenvalue weighted by Crippen LogP contribution is 2.30. The molecule has 24 heavy (non-hydrogen) atoms. The first-order valence-electron chi connectivity index (χ1n) is 8.04. The Morgan fingerprint density at radius 1 is 1.33 bits per heavy atom. The predicted octanol–water partition coefficient (Wildman–Crippen LogP) is 3.53. The van der Waals surface area contributed by atoms with Gasteiger partial charge in [-0.25, -0.2) is 15.0 Å². The van der Waals surface area contributed by atoms with E-state index in [9.17, 15) is 4.79 Å². The van der Waals surface area contributed by atoms with E-state index in [-0.39, 0.29) is 11.9 Å². The minimum absolute atomic E-state index is 0.0603. The van der Waals surface area contributed by atoms with Crippen LogP contribution in [0.5, 0.6) is 0 Å². The van der Waals surface area contributed by atoms with E-state index in [4.69, 9.17) is 0 Å². The summed E-state index contributed by atoms with van der Waals surface area (Å²) in [6.45, 7) is 8.22. The SMILES string of the molecule is C=CC(=O)N1CCCC[C@@H]1c1nc(C)cc(Nc2nc(C)cs2)n1. The Kier molecular flexibility index (Phi) is 4.89. The molecule has 0 saturated carbocycles. The van der Waals surface area contributed by atoms with Crippen molar-refractivity contribution in [1.82, 2.24) is 19.9 Å². The molecular formula is C17H21N5OS. The Balaban J connectivity index is 1.89. The summed E-state index contributed by atoms with van der Waals surface area (Å²) >= 11 is 1.54. The van der Waals surface area contributed by atoms with E-state index >= 15 is 0 Å². The van der Waals surface area contributed by atoms with Crippen molar-refractivity contribution in [2.24, 2.45) is 0 Å². The third-order valence-electron chi connectivity index (χ3n) is 3.98. The number of nitrogens with one attached hydrogen (secondary N) is 1. The molecule has 1 saturated heterocycles. The molecule has 0 aromatic carbocycles. The molecule has 126 valence electrons.